The fourth-order valence-electron chi connectivity index (χ4n) is 4.12. The van der Waals surface area contributed by atoms with Crippen LogP contribution in [0.4, 0.5) is 15.9 Å². The third-order valence-electron chi connectivity index (χ3n) is 5.59. The third-order valence-corrected chi connectivity index (χ3v) is 5.59. The SMILES string of the molecule is CCOC(=O)c1cc2c(cn1)CN(c1cc(N3CCCC3CO)cc(F)n1)CC2. The summed E-state index contributed by atoms with van der Waals surface area (Å²) in [7, 11) is 0. The summed E-state index contributed by atoms with van der Waals surface area (Å²) in [6.45, 7) is 4.15. The Morgan fingerprint density at radius 1 is 1.31 bits per heavy atom. The summed E-state index contributed by atoms with van der Waals surface area (Å²) >= 11 is 0. The van der Waals surface area contributed by atoms with Gasteiger partial charge in [-0.2, -0.15) is 4.39 Å². The van der Waals surface area contributed by atoms with Gasteiger partial charge in [0.05, 0.1) is 19.3 Å². The summed E-state index contributed by atoms with van der Waals surface area (Å²) in [6.07, 6.45) is 4.29. The number of nitrogens with zero attached hydrogens (tertiary/aromatic N) is 4. The maximum Gasteiger partial charge on any atom is 0.356 e. The molecule has 1 saturated heterocycles. The smallest absolute Gasteiger partial charge is 0.356 e. The van der Waals surface area contributed by atoms with Crippen LogP contribution in [-0.4, -0.2) is 53.4 Å². The Hall–Kier alpha value is -2.74. The molecular formula is C21H25FN4O3. The zero-order valence-electron chi connectivity index (χ0n) is 16.5. The second kappa shape index (κ2) is 8.32. The van der Waals surface area contributed by atoms with E-state index in [4.69, 9.17) is 4.74 Å². The van der Waals surface area contributed by atoms with Gasteiger partial charge in [0.1, 0.15) is 11.5 Å². The predicted molar refractivity (Wildman–Crippen MR) is 107 cm³/mol. The molecule has 0 radical (unpaired) electrons. The number of fused-ring (bicyclic) bond motifs is 1. The standard InChI is InChI=1S/C21H25FN4O3/c1-2-29-21(28)18-8-14-5-7-25(12-15(14)11-23-18)20-10-17(9-19(22)24-20)26-6-3-4-16(26)13-27/h8-11,16,27H,2-7,12-13H2,1H3. The van der Waals surface area contributed by atoms with Crippen molar-refractivity contribution in [3.63, 3.8) is 0 Å². The number of rotatable bonds is 5. The zero-order valence-corrected chi connectivity index (χ0v) is 16.5. The van der Waals surface area contributed by atoms with Crippen molar-refractivity contribution < 1.29 is 19.0 Å². The number of anilines is 2. The second-order valence-electron chi connectivity index (χ2n) is 7.41. The lowest BCUT2D eigenvalue weighted by atomic mass is 10.0. The summed E-state index contributed by atoms with van der Waals surface area (Å²) in [6, 6.07) is 5.13. The van der Waals surface area contributed by atoms with Gasteiger partial charge in [0, 0.05) is 43.7 Å². The molecule has 0 saturated carbocycles. The van der Waals surface area contributed by atoms with E-state index in [2.05, 4.69) is 14.9 Å². The van der Waals surface area contributed by atoms with Crippen LogP contribution in [0.5, 0.6) is 0 Å². The molecule has 2 aliphatic heterocycles. The molecule has 1 unspecified atom stereocenters. The normalized spacial score (nSPS) is 18.7. The molecule has 2 aliphatic rings. The molecule has 154 valence electrons. The van der Waals surface area contributed by atoms with Crippen LogP contribution in [0.2, 0.25) is 0 Å². The molecule has 7 nitrogen and oxygen atoms in total. The molecule has 0 aromatic carbocycles. The van der Waals surface area contributed by atoms with Crippen molar-refractivity contribution in [3.8, 4) is 0 Å². The predicted octanol–water partition coefficient (Wildman–Crippen LogP) is 2.32. The van der Waals surface area contributed by atoms with Gasteiger partial charge in [-0.05, 0) is 43.4 Å². The van der Waals surface area contributed by atoms with Crippen molar-refractivity contribution in [1.82, 2.24) is 9.97 Å². The Morgan fingerprint density at radius 3 is 2.97 bits per heavy atom. The number of hydrogen-bond acceptors (Lipinski definition) is 7. The van der Waals surface area contributed by atoms with Crippen LogP contribution < -0.4 is 9.80 Å². The number of halogens is 1. The molecule has 4 rings (SSSR count). The highest BCUT2D eigenvalue weighted by Crippen LogP contribution is 2.30. The van der Waals surface area contributed by atoms with Crippen LogP contribution in [0.1, 0.15) is 41.4 Å². The first kappa shape index (κ1) is 19.6. The highest BCUT2D eigenvalue weighted by atomic mass is 19.1. The van der Waals surface area contributed by atoms with Gasteiger partial charge >= 0.3 is 5.97 Å². The minimum Gasteiger partial charge on any atom is -0.461 e. The lowest BCUT2D eigenvalue weighted by Crippen LogP contribution is -2.34. The Morgan fingerprint density at radius 2 is 2.17 bits per heavy atom. The molecule has 1 atom stereocenters. The molecule has 0 spiro atoms. The molecule has 0 bridgehead atoms. The second-order valence-corrected chi connectivity index (χ2v) is 7.41. The first-order chi connectivity index (χ1) is 14.1. The van der Waals surface area contributed by atoms with E-state index in [9.17, 15) is 14.3 Å². The Kier molecular flexibility index (Phi) is 5.62. The number of aliphatic hydroxyl groups excluding tert-OH is 1. The van der Waals surface area contributed by atoms with Crippen LogP contribution in [0.25, 0.3) is 0 Å². The van der Waals surface area contributed by atoms with Crippen LogP contribution >= 0.6 is 0 Å². The molecule has 0 aliphatic carbocycles. The van der Waals surface area contributed by atoms with Gasteiger partial charge < -0.3 is 19.6 Å². The van der Waals surface area contributed by atoms with Gasteiger partial charge in [-0.15, -0.1) is 0 Å². The van der Waals surface area contributed by atoms with Crippen LogP contribution in [0.3, 0.4) is 0 Å². The van der Waals surface area contributed by atoms with Crippen molar-refractivity contribution in [3.05, 3.63) is 47.2 Å². The quantitative estimate of drug-likeness (QED) is 0.609. The number of carbonyl (C=O) groups excluding carboxylic acids is 1. The van der Waals surface area contributed by atoms with E-state index in [1.165, 1.54) is 6.07 Å². The molecule has 0 amide bonds. The highest BCUT2D eigenvalue weighted by Gasteiger charge is 2.26. The van der Waals surface area contributed by atoms with E-state index in [1.807, 2.05) is 11.0 Å². The van der Waals surface area contributed by atoms with Crippen LogP contribution in [0, 0.1) is 5.95 Å². The Balaban J connectivity index is 1.56. The van der Waals surface area contributed by atoms with Gasteiger partial charge in [-0.25, -0.2) is 14.8 Å². The number of aromatic nitrogens is 2. The van der Waals surface area contributed by atoms with E-state index >= 15 is 0 Å². The third kappa shape index (κ3) is 4.03. The summed E-state index contributed by atoms with van der Waals surface area (Å²) in [5, 5.41) is 9.59. The molecule has 4 heterocycles. The largest absolute Gasteiger partial charge is 0.461 e. The maximum atomic E-state index is 14.3. The molecule has 8 heteroatoms. The molecule has 2 aromatic heterocycles. The number of ether oxygens (including phenoxy) is 1. The van der Waals surface area contributed by atoms with Gasteiger partial charge in [0.15, 0.2) is 0 Å². The summed E-state index contributed by atoms with van der Waals surface area (Å²) in [5.41, 5.74) is 3.11. The minimum atomic E-state index is -0.525. The molecule has 2 aromatic rings. The summed E-state index contributed by atoms with van der Waals surface area (Å²) in [5.74, 6) is -0.371. The fraction of sp³-hybridized carbons (Fsp3) is 0.476. The topological polar surface area (TPSA) is 78.8 Å². The average molecular weight is 400 g/mol. The van der Waals surface area contributed by atoms with Gasteiger partial charge in [-0.1, -0.05) is 0 Å². The Labute approximate surface area is 169 Å². The summed E-state index contributed by atoms with van der Waals surface area (Å²) in [4.78, 5) is 24.3. The van der Waals surface area contributed by atoms with E-state index < -0.39 is 11.9 Å². The molecule has 1 N–H and O–H groups in total. The summed E-state index contributed by atoms with van der Waals surface area (Å²) < 4.78 is 19.3. The van der Waals surface area contributed by atoms with Gasteiger partial charge in [0.25, 0.3) is 0 Å². The van der Waals surface area contributed by atoms with Crippen LogP contribution in [0.15, 0.2) is 24.4 Å². The molecule has 1 fully saturated rings. The Bertz CT molecular complexity index is 907. The van der Waals surface area contributed by atoms with Crippen LogP contribution in [-0.2, 0) is 17.7 Å². The fourth-order valence-corrected chi connectivity index (χ4v) is 4.12. The first-order valence-corrected chi connectivity index (χ1v) is 10.0. The van der Waals surface area contributed by atoms with E-state index in [0.717, 1.165) is 36.2 Å². The number of esters is 1. The molecule has 29 heavy (non-hydrogen) atoms. The zero-order chi connectivity index (χ0) is 20.4. The molecular weight excluding hydrogens is 375 g/mol. The van der Waals surface area contributed by atoms with Crippen molar-refractivity contribution in [2.45, 2.75) is 38.8 Å². The van der Waals surface area contributed by atoms with Gasteiger partial charge in [0.2, 0.25) is 5.95 Å². The highest BCUT2D eigenvalue weighted by molar-refractivity contribution is 5.87. The van der Waals surface area contributed by atoms with Crippen molar-refractivity contribution in [1.29, 1.82) is 0 Å². The van der Waals surface area contributed by atoms with E-state index in [0.29, 0.717) is 37.6 Å². The van der Waals surface area contributed by atoms with E-state index in [1.54, 1.807) is 19.2 Å². The lowest BCUT2D eigenvalue weighted by Gasteiger charge is -2.31. The average Bonchev–Trinajstić information content (AvgIpc) is 3.21. The van der Waals surface area contributed by atoms with E-state index in [-0.39, 0.29) is 12.6 Å². The first-order valence-electron chi connectivity index (χ1n) is 10.0. The van der Waals surface area contributed by atoms with Gasteiger partial charge in [-0.3, -0.25) is 0 Å². The maximum absolute atomic E-state index is 14.3. The van der Waals surface area contributed by atoms with Crippen molar-refractivity contribution in [2.75, 3.05) is 36.1 Å². The monoisotopic (exact) mass is 400 g/mol. The number of carbonyl (C=O) groups is 1. The lowest BCUT2D eigenvalue weighted by molar-refractivity contribution is 0.0519. The number of hydrogen-bond donors (Lipinski definition) is 1. The van der Waals surface area contributed by atoms with Crippen molar-refractivity contribution >= 4 is 17.5 Å². The minimum absolute atomic E-state index is 0.0252. The van der Waals surface area contributed by atoms with Crippen molar-refractivity contribution in [2.24, 2.45) is 0 Å². The number of aliphatic hydroxyl groups is 1. The number of pyridine rings is 2.